The number of nitrogens with one attached hydrogen (secondary N) is 1. The first-order chi connectivity index (χ1) is 8.77. The number of benzene rings is 1. The summed E-state index contributed by atoms with van der Waals surface area (Å²) in [6.45, 7) is 0. The van der Waals surface area contributed by atoms with E-state index in [1.54, 1.807) is 0 Å². The van der Waals surface area contributed by atoms with Crippen molar-refractivity contribution < 1.29 is 17.6 Å². The molecule has 0 radical (unpaired) electrons. The summed E-state index contributed by atoms with van der Waals surface area (Å²) in [6.07, 6.45) is -4.67. The summed E-state index contributed by atoms with van der Waals surface area (Å²) >= 11 is 2.59. The predicted molar refractivity (Wildman–Crippen MR) is 62.7 cm³/mol. The lowest BCUT2D eigenvalue weighted by atomic mass is 10.1. The number of H-pyrrole nitrogens is 1. The van der Waals surface area contributed by atoms with Crippen molar-refractivity contribution in [2.45, 2.75) is 12.6 Å². The van der Waals surface area contributed by atoms with Crippen molar-refractivity contribution in [1.82, 2.24) is 15.2 Å². The van der Waals surface area contributed by atoms with Gasteiger partial charge in [0.1, 0.15) is 11.6 Å². The summed E-state index contributed by atoms with van der Waals surface area (Å²) in [4.78, 5) is 3.75. The number of alkyl halides is 3. The lowest BCUT2D eigenvalue weighted by Crippen LogP contribution is -2.08. The minimum atomic E-state index is -4.64. The Labute approximate surface area is 113 Å². The number of hydrogen-bond donors (Lipinski definition) is 2. The lowest BCUT2D eigenvalue weighted by Gasteiger charge is -2.11. The van der Waals surface area contributed by atoms with Crippen molar-refractivity contribution in [2.24, 2.45) is 0 Å². The maximum Gasteiger partial charge on any atom is 0.417 e. The highest BCUT2D eigenvalue weighted by molar-refractivity contribution is 9.10. The molecule has 0 fully saturated rings. The largest absolute Gasteiger partial charge is 0.417 e. The van der Waals surface area contributed by atoms with Gasteiger partial charge >= 0.3 is 6.18 Å². The molecule has 0 unspecified atom stereocenters. The van der Waals surface area contributed by atoms with Gasteiger partial charge in [-0.1, -0.05) is 0 Å². The van der Waals surface area contributed by atoms with E-state index < -0.39 is 22.0 Å². The molecule has 9 heteroatoms. The average Bonchev–Trinajstić information content (AvgIpc) is 2.67. The Morgan fingerprint density at radius 3 is 2.53 bits per heavy atom. The van der Waals surface area contributed by atoms with Crippen molar-refractivity contribution in [3.8, 4) is 0 Å². The second-order valence-corrected chi connectivity index (χ2v) is 4.55. The van der Waals surface area contributed by atoms with E-state index in [2.05, 4.69) is 31.1 Å². The molecular formula is C10H7BrF4N4. The monoisotopic (exact) mass is 338 g/mol. The number of anilines is 1. The summed E-state index contributed by atoms with van der Waals surface area (Å²) in [5.74, 6) is -0.756. The van der Waals surface area contributed by atoms with Gasteiger partial charge in [0.05, 0.1) is 10.0 Å². The van der Waals surface area contributed by atoms with Crippen LogP contribution in [0.25, 0.3) is 0 Å². The maximum atomic E-state index is 13.5. The van der Waals surface area contributed by atoms with Crippen LogP contribution in [-0.2, 0) is 12.6 Å². The molecule has 0 aliphatic rings. The SMILES string of the molecule is Nc1n[nH]c(Cc2cc(F)c(Br)c(C(F)(F)F)c2)n1. The first-order valence-corrected chi connectivity index (χ1v) is 5.78. The standard InChI is InChI=1S/C10H7BrF4N4/c11-8-5(10(13,14)15)1-4(2-6(8)12)3-7-17-9(16)19-18-7/h1-2H,3H2,(H3,16,17,18,19). The van der Waals surface area contributed by atoms with Crippen LogP contribution in [0.1, 0.15) is 17.0 Å². The third kappa shape index (κ3) is 3.03. The molecule has 1 aromatic heterocycles. The van der Waals surface area contributed by atoms with E-state index >= 15 is 0 Å². The number of nitrogens with two attached hydrogens (primary N) is 1. The number of halogens is 5. The molecule has 19 heavy (non-hydrogen) atoms. The minimum Gasteiger partial charge on any atom is -0.367 e. The first kappa shape index (κ1) is 13.8. The van der Waals surface area contributed by atoms with Crippen molar-refractivity contribution in [3.05, 3.63) is 39.4 Å². The molecule has 0 bridgehead atoms. The molecule has 1 aromatic carbocycles. The Balaban J connectivity index is 2.39. The van der Waals surface area contributed by atoms with E-state index in [1.165, 1.54) is 0 Å². The van der Waals surface area contributed by atoms with Crippen LogP contribution in [0.2, 0.25) is 0 Å². The van der Waals surface area contributed by atoms with Crippen LogP contribution >= 0.6 is 15.9 Å². The number of nitrogen functional groups attached to an aromatic ring is 1. The molecule has 0 aliphatic heterocycles. The van der Waals surface area contributed by atoms with Gasteiger partial charge in [-0.05, 0) is 33.6 Å². The van der Waals surface area contributed by atoms with Crippen LogP contribution in [0.15, 0.2) is 16.6 Å². The van der Waals surface area contributed by atoms with Gasteiger partial charge in [-0.2, -0.15) is 18.2 Å². The second kappa shape index (κ2) is 4.80. The fraction of sp³-hybridized carbons (Fsp3) is 0.200. The Bertz CT molecular complexity index is 608. The molecule has 0 aliphatic carbocycles. The molecule has 3 N–H and O–H groups in total. The van der Waals surface area contributed by atoms with Crippen molar-refractivity contribution in [3.63, 3.8) is 0 Å². The smallest absolute Gasteiger partial charge is 0.367 e. The van der Waals surface area contributed by atoms with Crippen LogP contribution in [0, 0.1) is 5.82 Å². The highest BCUT2D eigenvalue weighted by Gasteiger charge is 2.34. The number of hydrogen-bond acceptors (Lipinski definition) is 3. The third-order valence-corrected chi connectivity index (χ3v) is 3.12. The Morgan fingerprint density at radius 2 is 2.00 bits per heavy atom. The van der Waals surface area contributed by atoms with Gasteiger partial charge in [0.25, 0.3) is 0 Å². The van der Waals surface area contributed by atoms with E-state index in [1.807, 2.05) is 0 Å². The number of rotatable bonds is 2. The molecule has 4 nitrogen and oxygen atoms in total. The van der Waals surface area contributed by atoms with Gasteiger partial charge in [-0.25, -0.2) is 4.39 Å². The molecule has 1 heterocycles. The molecule has 2 rings (SSSR count). The zero-order valence-electron chi connectivity index (χ0n) is 9.22. The molecule has 0 saturated carbocycles. The third-order valence-electron chi connectivity index (χ3n) is 2.31. The fourth-order valence-corrected chi connectivity index (χ4v) is 1.99. The Hall–Kier alpha value is -1.64. The van der Waals surface area contributed by atoms with Crippen LogP contribution in [-0.4, -0.2) is 15.2 Å². The number of nitrogens with zero attached hydrogens (tertiary/aromatic N) is 2. The van der Waals surface area contributed by atoms with Crippen molar-refractivity contribution in [2.75, 3.05) is 5.73 Å². The van der Waals surface area contributed by atoms with Crippen molar-refractivity contribution >= 4 is 21.9 Å². The van der Waals surface area contributed by atoms with Gasteiger partial charge in [-0.3, -0.25) is 5.10 Å². The van der Waals surface area contributed by atoms with Crippen LogP contribution in [0.3, 0.4) is 0 Å². The van der Waals surface area contributed by atoms with E-state index in [0.717, 1.165) is 12.1 Å². The zero-order valence-corrected chi connectivity index (χ0v) is 10.8. The second-order valence-electron chi connectivity index (χ2n) is 3.75. The van der Waals surface area contributed by atoms with Crippen LogP contribution in [0.4, 0.5) is 23.5 Å². The molecular weight excluding hydrogens is 332 g/mol. The maximum absolute atomic E-state index is 13.5. The van der Waals surface area contributed by atoms with Gasteiger partial charge in [0.2, 0.25) is 5.95 Å². The zero-order chi connectivity index (χ0) is 14.2. The van der Waals surface area contributed by atoms with Crippen LogP contribution in [0.5, 0.6) is 0 Å². The number of aromatic nitrogens is 3. The normalized spacial score (nSPS) is 11.8. The predicted octanol–water partition coefficient (Wildman–Crippen LogP) is 2.90. The lowest BCUT2D eigenvalue weighted by molar-refractivity contribution is -0.138. The quantitative estimate of drug-likeness (QED) is 0.827. The summed E-state index contributed by atoms with van der Waals surface area (Å²) in [5, 5.41) is 5.99. The van der Waals surface area contributed by atoms with Crippen molar-refractivity contribution in [1.29, 1.82) is 0 Å². The summed E-state index contributed by atoms with van der Waals surface area (Å²) in [5.41, 5.74) is 4.31. The van der Waals surface area contributed by atoms with E-state index in [9.17, 15) is 17.6 Å². The van der Waals surface area contributed by atoms with Gasteiger partial charge in [0, 0.05) is 6.42 Å². The van der Waals surface area contributed by atoms with E-state index in [-0.39, 0.29) is 23.8 Å². The molecule has 0 spiro atoms. The summed E-state index contributed by atoms with van der Waals surface area (Å²) < 4.78 is 50.9. The van der Waals surface area contributed by atoms with E-state index in [4.69, 9.17) is 5.73 Å². The van der Waals surface area contributed by atoms with Gasteiger partial charge < -0.3 is 5.73 Å². The Morgan fingerprint density at radius 1 is 1.32 bits per heavy atom. The summed E-state index contributed by atoms with van der Waals surface area (Å²) in [6, 6.07) is 1.85. The highest BCUT2D eigenvalue weighted by atomic mass is 79.9. The number of aromatic amines is 1. The highest BCUT2D eigenvalue weighted by Crippen LogP contribution is 2.37. The first-order valence-electron chi connectivity index (χ1n) is 4.99. The van der Waals surface area contributed by atoms with Gasteiger partial charge in [-0.15, -0.1) is 5.10 Å². The molecule has 102 valence electrons. The fourth-order valence-electron chi connectivity index (χ4n) is 1.54. The topological polar surface area (TPSA) is 67.6 Å². The molecule has 0 saturated heterocycles. The average molecular weight is 339 g/mol. The molecule has 0 amide bonds. The molecule has 0 atom stereocenters. The summed E-state index contributed by atoms with van der Waals surface area (Å²) in [7, 11) is 0. The Kier molecular flexibility index (Phi) is 3.48. The van der Waals surface area contributed by atoms with Crippen LogP contribution < -0.4 is 5.73 Å². The minimum absolute atomic E-state index is 0.0244. The van der Waals surface area contributed by atoms with E-state index in [0.29, 0.717) is 0 Å². The van der Waals surface area contributed by atoms with Gasteiger partial charge in [0.15, 0.2) is 0 Å². The molecule has 2 aromatic rings.